The van der Waals surface area contributed by atoms with Crippen molar-refractivity contribution in [3.05, 3.63) is 35.4 Å². The smallest absolute Gasteiger partial charge is 0.0628 e. The maximum Gasteiger partial charge on any atom is 0.0628 e. The summed E-state index contributed by atoms with van der Waals surface area (Å²) in [5, 5.41) is 12.5. The summed E-state index contributed by atoms with van der Waals surface area (Å²) in [6, 6.07) is 11.7. The second-order valence-corrected chi connectivity index (χ2v) is 5.92. The molecule has 18 heavy (non-hydrogen) atoms. The number of hydrogen-bond donors (Lipinski definition) is 1. The summed E-state index contributed by atoms with van der Waals surface area (Å²) in [5.74, 6) is 0. The molecule has 2 heteroatoms. The maximum absolute atomic E-state index is 8.83. The van der Waals surface area contributed by atoms with Crippen LogP contribution in [0.5, 0.6) is 0 Å². The van der Waals surface area contributed by atoms with Crippen molar-refractivity contribution in [3.63, 3.8) is 0 Å². The second kappa shape index (κ2) is 4.74. The van der Waals surface area contributed by atoms with Crippen LogP contribution in [0.4, 0.5) is 0 Å². The van der Waals surface area contributed by atoms with Gasteiger partial charge in [-0.05, 0) is 48.6 Å². The molecular formula is C16H20N2. The van der Waals surface area contributed by atoms with Gasteiger partial charge >= 0.3 is 0 Å². The van der Waals surface area contributed by atoms with Gasteiger partial charge in [-0.1, -0.05) is 24.3 Å². The summed E-state index contributed by atoms with van der Waals surface area (Å²) in [4.78, 5) is 0. The van der Waals surface area contributed by atoms with E-state index in [9.17, 15) is 0 Å². The van der Waals surface area contributed by atoms with Crippen LogP contribution < -0.4 is 5.32 Å². The van der Waals surface area contributed by atoms with E-state index in [1.165, 1.54) is 36.8 Å². The second-order valence-electron chi connectivity index (χ2n) is 5.92. The first-order valence-corrected chi connectivity index (χ1v) is 6.98. The molecule has 0 amide bonds. The minimum absolute atomic E-state index is 0.325. The lowest BCUT2D eigenvalue weighted by atomic mass is 9.88. The van der Waals surface area contributed by atoms with Crippen LogP contribution in [0, 0.1) is 16.7 Å². The van der Waals surface area contributed by atoms with Crippen LogP contribution in [-0.4, -0.2) is 12.6 Å². The Morgan fingerprint density at radius 3 is 2.78 bits per heavy atom. The molecule has 1 atom stereocenters. The molecule has 94 valence electrons. The maximum atomic E-state index is 8.83. The van der Waals surface area contributed by atoms with Gasteiger partial charge in [0.2, 0.25) is 0 Å². The first-order chi connectivity index (χ1) is 8.81. The molecule has 2 nitrogen and oxygen atoms in total. The highest BCUT2D eigenvalue weighted by Crippen LogP contribution is 2.48. The molecule has 0 bridgehead atoms. The van der Waals surface area contributed by atoms with Gasteiger partial charge in [0.1, 0.15) is 0 Å². The third-order valence-corrected chi connectivity index (χ3v) is 4.52. The van der Waals surface area contributed by atoms with Crippen molar-refractivity contribution in [1.29, 1.82) is 5.26 Å². The Morgan fingerprint density at radius 2 is 2.06 bits per heavy atom. The number of nitrogens with one attached hydrogen (secondary N) is 1. The molecule has 1 saturated carbocycles. The highest BCUT2D eigenvalue weighted by Gasteiger charge is 2.42. The highest BCUT2D eigenvalue weighted by atomic mass is 14.9. The summed E-state index contributed by atoms with van der Waals surface area (Å²) in [6.07, 6.45) is 6.77. The third-order valence-electron chi connectivity index (χ3n) is 4.52. The molecule has 0 heterocycles. The zero-order valence-electron chi connectivity index (χ0n) is 10.8. The first kappa shape index (κ1) is 11.7. The average Bonchev–Trinajstić information content (AvgIpc) is 3.17. The predicted molar refractivity (Wildman–Crippen MR) is 72.2 cm³/mol. The van der Waals surface area contributed by atoms with Crippen molar-refractivity contribution in [2.45, 2.75) is 44.6 Å². The van der Waals surface area contributed by atoms with E-state index in [1.807, 2.05) is 0 Å². The Balaban J connectivity index is 1.56. The van der Waals surface area contributed by atoms with Crippen LogP contribution in [-0.2, 0) is 12.8 Å². The van der Waals surface area contributed by atoms with Gasteiger partial charge in [-0.25, -0.2) is 0 Å². The number of nitrogens with zero attached hydrogens (tertiary/aromatic N) is 1. The molecular weight excluding hydrogens is 220 g/mol. The predicted octanol–water partition coefficient (Wildman–Crippen LogP) is 2.83. The van der Waals surface area contributed by atoms with Crippen LogP contribution in [0.2, 0.25) is 0 Å². The van der Waals surface area contributed by atoms with Gasteiger partial charge in [-0.15, -0.1) is 0 Å². The molecule has 1 unspecified atom stereocenters. The van der Waals surface area contributed by atoms with Gasteiger partial charge in [-0.3, -0.25) is 0 Å². The molecule has 1 N–H and O–H groups in total. The Labute approximate surface area is 109 Å². The van der Waals surface area contributed by atoms with Gasteiger partial charge in [0, 0.05) is 19.0 Å². The Kier molecular flexibility index (Phi) is 3.09. The molecule has 1 fully saturated rings. The normalized spacial score (nSPS) is 24.1. The van der Waals surface area contributed by atoms with E-state index in [0.29, 0.717) is 11.5 Å². The van der Waals surface area contributed by atoms with Crippen molar-refractivity contribution >= 4 is 0 Å². The minimum Gasteiger partial charge on any atom is -0.313 e. The van der Waals surface area contributed by atoms with Crippen LogP contribution >= 0.6 is 0 Å². The lowest BCUT2D eigenvalue weighted by Gasteiger charge is -2.27. The van der Waals surface area contributed by atoms with Crippen molar-refractivity contribution < 1.29 is 0 Å². The van der Waals surface area contributed by atoms with E-state index in [1.54, 1.807) is 0 Å². The van der Waals surface area contributed by atoms with Crippen LogP contribution in [0.3, 0.4) is 0 Å². The van der Waals surface area contributed by atoms with E-state index in [2.05, 4.69) is 35.7 Å². The van der Waals surface area contributed by atoms with Crippen molar-refractivity contribution in [1.82, 2.24) is 5.32 Å². The summed E-state index contributed by atoms with van der Waals surface area (Å²) in [6.45, 7) is 1.04. The number of fused-ring (bicyclic) bond motifs is 1. The summed E-state index contributed by atoms with van der Waals surface area (Å²) in [5.41, 5.74) is 3.35. The molecule has 0 radical (unpaired) electrons. The molecule has 0 aromatic heterocycles. The minimum atomic E-state index is 0.325. The Bertz CT molecular complexity index is 468. The number of hydrogen-bond acceptors (Lipinski definition) is 2. The van der Waals surface area contributed by atoms with Gasteiger partial charge in [0.25, 0.3) is 0 Å². The highest BCUT2D eigenvalue weighted by molar-refractivity contribution is 5.30. The van der Waals surface area contributed by atoms with Crippen molar-refractivity contribution in [3.8, 4) is 6.07 Å². The molecule has 0 spiro atoms. The largest absolute Gasteiger partial charge is 0.313 e. The lowest BCUT2D eigenvalue weighted by molar-refractivity contribution is 0.389. The van der Waals surface area contributed by atoms with Gasteiger partial charge in [0.05, 0.1) is 6.07 Å². The van der Waals surface area contributed by atoms with Crippen molar-refractivity contribution in [2.24, 2.45) is 5.41 Å². The molecule has 1 aromatic rings. The monoisotopic (exact) mass is 240 g/mol. The molecule has 2 aliphatic rings. The molecule has 1 aromatic carbocycles. The number of nitriles is 1. The fourth-order valence-electron chi connectivity index (χ4n) is 2.99. The number of benzene rings is 1. The van der Waals surface area contributed by atoms with Crippen molar-refractivity contribution in [2.75, 3.05) is 6.54 Å². The molecule has 0 saturated heterocycles. The fourth-order valence-corrected chi connectivity index (χ4v) is 2.99. The third kappa shape index (κ3) is 2.42. The van der Waals surface area contributed by atoms with Gasteiger partial charge in [0.15, 0.2) is 0 Å². The van der Waals surface area contributed by atoms with E-state index < -0.39 is 0 Å². The van der Waals surface area contributed by atoms with Gasteiger partial charge in [-0.2, -0.15) is 5.26 Å². The zero-order valence-corrected chi connectivity index (χ0v) is 10.8. The lowest BCUT2D eigenvalue weighted by Crippen LogP contribution is -2.38. The molecule has 3 rings (SSSR count). The summed E-state index contributed by atoms with van der Waals surface area (Å²) >= 11 is 0. The standard InChI is InChI=1S/C16H20N2/c17-10-9-16(7-8-16)12-18-15-6-5-13-3-1-2-4-14(13)11-15/h1-4,15,18H,5-9,11-12H2. The Hall–Kier alpha value is -1.33. The zero-order chi connectivity index (χ0) is 12.4. The van der Waals surface area contributed by atoms with E-state index in [-0.39, 0.29) is 0 Å². The van der Waals surface area contributed by atoms with Gasteiger partial charge < -0.3 is 5.32 Å². The van der Waals surface area contributed by atoms with Crippen LogP contribution in [0.15, 0.2) is 24.3 Å². The van der Waals surface area contributed by atoms with Crippen LogP contribution in [0.1, 0.15) is 36.8 Å². The first-order valence-electron chi connectivity index (χ1n) is 6.98. The van der Waals surface area contributed by atoms with E-state index in [0.717, 1.165) is 19.4 Å². The van der Waals surface area contributed by atoms with E-state index in [4.69, 9.17) is 5.26 Å². The number of aryl methyl sites for hydroxylation is 1. The SMILES string of the molecule is N#CCC1(CNC2CCc3ccccc3C2)CC1. The Morgan fingerprint density at radius 1 is 1.28 bits per heavy atom. The quantitative estimate of drug-likeness (QED) is 0.878. The van der Waals surface area contributed by atoms with Crippen LogP contribution in [0.25, 0.3) is 0 Å². The summed E-state index contributed by atoms with van der Waals surface area (Å²) in [7, 11) is 0. The molecule has 0 aliphatic heterocycles. The summed E-state index contributed by atoms with van der Waals surface area (Å²) < 4.78 is 0. The average molecular weight is 240 g/mol. The fraction of sp³-hybridized carbons (Fsp3) is 0.562. The van der Waals surface area contributed by atoms with E-state index >= 15 is 0 Å². The molecule has 2 aliphatic carbocycles. The number of rotatable bonds is 4. The topological polar surface area (TPSA) is 35.8 Å².